The summed E-state index contributed by atoms with van der Waals surface area (Å²) in [5.74, 6) is 0. The lowest BCUT2D eigenvalue weighted by Gasteiger charge is -2.42. The Hall–Kier alpha value is -4.12. The fourth-order valence-electron chi connectivity index (χ4n) is 7.17. The number of nitro groups is 2. The number of aromatic nitrogens is 4. The van der Waals surface area contributed by atoms with E-state index in [2.05, 4.69) is 10.2 Å². The minimum atomic E-state index is -2.53. The van der Waals surface area contributed by atoms with Gasteiger partial charge in [-0.2, -0.15) is 10.2 Å². The maximum absolute atomic E-state index is 13.8. The van der Waals surface area contributed by atoms with Crippen LogP contribution in [0.15, 0.2) is 73.1 Å². The number of likely N-dealkylation sites (tertiary alicyclic amines) is 2. The lowest BCUT2D eigenvalue weighted by atomic mass is 9.94. The molecule has 2 saturated heterocycles. The van der Waals surface area contributed by atoms with Crippen molar-refractivity contribution in [3.05, 3.63) is 115 Å². The van der Waals surface area contributed by atoms with Crippen molar-refractivity contribution in [1.82, 2.24) is 29.4 Å². The average Bonchev–Trinajstić information content (AvgIpc) is 3.73. The first-order chi connectivity index (χ1) is 24.8. The second-order valence-corrected chi connectivity index (χ2v) is 13.6. The minimum absolute atomic E-state index is 0.113. The second kappa shape index (κ2) is 17.1. The van der Waals surface area contributed by atoms with Gasteiger partial charge in [0.05, 0.1) is 34.0 Å². The summed E-state index contributed by atoms with van der Waals surface area (Å²) in [6.07, 6.45) is -1.59. The van der Waals surface area contributed by atoms with Crippen molar-refractivity contribution < 1.29 is 27.4 Å². The van der Waals surface area contributed by atoms with Crippen LogP contribution in [-0.4, -0.2) is 77.2 Å². The molecule has 2 fully saturated rings. The van der Waals surface area contributed by atoms with Crippen LogP contribution in [-0.2, 0) is 0 Å². The molecule has 0 spiro atoms. The van der Waals surface area contributed by atoms with Gasteiger partial charge in [0.1, 0.15) is 12.4 Å². The molecule has 4 heterocycles. The fraction of sp³-hybridized carbons (Fsp3) is 0.471. The Morgan fingerprint density at radius 2 is 1.02 bits per heavy atom. The molecule has 0 radical (unpaired) electrons. The van der Waals surface area contributed by atoms with Crippen molar-refractivity contribution in [2.24, 2.45) is 0 Å². The van der Waals surface area contributed by atoms with Gasteiger partial charge in [-0.1, -0.05) is 83.9 Å². The number of hydrogen-bond acceptors (Lipinski definition) is 8. The average molecular weight is 770 g/mol. The second-order valence-electron chi connectivity index (χ2n) is 12.9. The topological polar surface area (TPSA) is 128 Å². The van der Waals surface area contributed by atoms with Crippen LogP contribution in [0.2, 0.25) is 10.3 Å². The van der Waals surface area contributed by atoms with Gasteiger partial charge in [0.25, 0.3) is 12.9 Å². The molecule has 2 aliphatic rings. The molecule has 2 aliphatic heterocycles. The van der Waals surface area contributed by atoms with Gasteiger partial charge in [0, 0.05) is 25.2 Å². The summed E-state index contributed by atoms with van der Waals surface area (Å²) >= 11 is 12.1. The molecule has 0 saturated carbocycles. The van der Waals surface area contributed by atoms with Crippen LogP contribution in [0.5, 0.6) is 0 Å². The van der Waals surface area contributed by atoms with Crippen LogP contribution in [0.3, 0.4) is 0 Å². The summed E-state index contributed by atoms with van der Waals surface area (Å²) in [5.41, 5.74) is 1.34. The van der Waals surface area contributed by atoms with Crippen molar-refractivity contribution in [2.75, 3.05) is 13.1 Å². The van der Waals surface area contributed by atoms with E-state index in [1.54, 1.807) is 9.80 Å². The number of piperidine rings is 2. The van der Waals surface area contributed by atoms with E-state index in [1.165, 1.54) is 9.36 Å². The van der Waals surface area contributed by atoms with E-state index in [-0.39, 0.29) is 46.6 Å². The molecule has 6 atom stereocenters. The van der Waals surface area contributed by atoms with Gasteiger partial charge in [0.2, 0.25) is 10.3 Å². The van der Waals surface area contributed by atoms with Gasteiger partial charge >= 0.3 is 11.4 Å². The molecule has 0 bridgehead atoms. The molecular weight excluding hydrogens is 731 g/mol. The minimum Gasteiger partial charge on any atom is -0.288 e. The molecule has 0 unspecified atom stereocenters. The zero-order chi connectivity index (χ0) is 37.7. The molecule has 0 aliphatic carbocycles. The molecule has 0 amide bonds. The third kappa shape index (κ3) is 8.56. The maximum atomic E-state index is 13.8. The Kier molecular flexibility index (Phi) is 12.9. The highest BCUT2D eigenvalue weighted by atomic mass is 35.5. The predicted molar refractivity (Wildman–Crippen MR) is 187 cm³/mol. The third-order valence-corrected chi connectivity index (χ3v) is 10.7. The normalized spacial score (nSPS) is 22.5. The molecule has 2 aromatic heterocycles. The van der Waals surface area contributed by atoms with Gasteiger partial charge < -0.3 is 0 Å². The summed E-state index contributed by atoms with van der Waals surface area (Å²) in [6, 6.07) is 16.0. The smallest absolute Gasteiger partial charge is 0.288 e. The van der Waals surface area contributed by atoms with Crippen LogP contribution in [0.25, 0.3) is 0 Å². The number of halogens is 6. The van der Waals surface area contributed by atoms with Crippen molar-refractivity contribution in [3.63, 3.8) is 0 Å². The SMILES string of the molecule is C[C@H](c1ccccc1)N1CC[C@@H](n2ncc([N+](=O)[O-])c2Cl)C[C@@H]1C(F)F.C[C@H](c1ccccc1)N1CC[C@H](n2ncc([N+](=O)[O-])c2Cl)C[C@@H]1C(F)F. The van der Waals surface area contributed by atoms with Crippen molar-refractivity contribution in [2.45, 2.75) is 88.6 Å². The predicted octanol–water partition coefficient (Wildman–Crippen LogP) is 8.95. The number of rotatable bonds is 10. The first kappa shape index (κ1) is 39.1. The first-order valence-corrected chi connectivity index (χ1v) is 17.5. The van der Waals surface area contributed by atoms with Crippen LogP contribution in [0.4, 0.5) is 28.9 Å². The molecule has 6 rings (SSSR count). The molecule has 280 valence electrons. The molecule has 52 heavy (non-hydrogen) atoms. The van der Waals surface area contributed by atoms with Gasteiger partial charge in [-0.05, 0) is 50.7 Å². The zero-order valence-electron chi connectivity index (χ0n) is 28.3. The zero-order valence-corrected chi connectivity index (χ0v) is 29.8. The third-order valence-electron chi connectivity index (χ3n) is 9.98. The lowest BCUT2D eigenvalue weighted by Crippen LogP contribution is -2.48. The van der Waals surface area contributed by atoms with Crippen molar-refractivity contribution in [1.29, 1.82) is 0 Å². The number of nitrogens with zero attached hydrogens (tertiary/aromatic N) is 8. The van der Waals surface area contributed by atoms with Gasteiger partial charge in [-0.15, -0.1) is 0 Å². The molecule has 18 heteroatoms. The van der Waals surface area contributed by atoms with E-state index in [1.807, 2.05) is 74.5 Å². The van der Waals surface area contributed by atoms with E-state index in [4.69, 9.17) is 23.2 Å². The highest BCUT2D eigenvalue weighted by molar-refractivity contribution is 6.31. The maximum Gasteiger partial charge on any atom is 0.325 e. The quantitative estimate of drug-likeness (QED) is 0.0889. The number of alkyl halides is 4. The van der Waals surface area contributed by atoms with Gasteiger partial charge in [-0.3, -0.25) is 30.0 Å². The Morgan fingerprint density at radius 3 is 1.31 bits per heavy atom. The van der Waals surface area contributed by atoms with E-state index < -0.39 is 46.9 Å². The van der Waals surface area contributed by atoms with Crippen LogP contribution in [0.1, 0.15) is 74.8 Å². The Bertz CT molecular complexity index is 1670. The summed E-state index contributed by atoms with van der Waals surface area (Å²) in [6.45, 7) is 4.69. The lowest BCUT2D eigenvalue weighted by molar-refractivity contribution is -0.385. The van der Waals surface area contributed by atoms with Crippen LogP contribution in [0, 0.1) is 20.2 Å². The van der Waals surface area contributed by atoms with Crippen LogP contribution >= 0.6 is 23.2 Å². The summed E-state index contributed by atoms with van der Waals surface area (Å²) in [7, 11) is 0. The highest BCUT2D eigenvalue weighted by Gasteiger charge is 2.41. The Morgan fingerprint density at radius 1 is 0.673 bits per heavy atom. The number of benzene rings is 2. The molecule has 0 N–H and O–H groups in total. The van der Waals surface area contributed by atoms with Crippen molar-refractivity contribution in [3.8, 4) is 0 Å². The first-order valence-electron chi connectivity index (χ1n) is 16.7. The van der Waals surface area contributed by atoms with E-state index >= 15 is 0 Å². The summed E-state index contributed by atoms with van der Waals surface area (Å²) in [4.78, 5) is 24.2. The van der Waals surface area contributed by atoms with E-state index in [0.29, 0.717) is 25.9 Å². The molecule has 2 aromatic carbocycles. The van der Waals surface area contributed by atoms with Gasteiger partial charge in [0.15, 0.2) is 0 Å². The van der Waals surface area contributed by atoms with Crippen LogP contribution < -0.4 is 0 Å². The Labute approximate surface area is 307 Å². The van der Waals surface area contributed by atoms with E-state index in [9.17, 15) is 37.8 Å². The highest BCUT2D eigenvalue weighted by Crippen LogP contribution is 2.40. The molecule has 4 aromatic rings. The number of hydrogen-bond donors (Lipinski definition) is 0. The standard InChI is InChI=1S/2C17H19ClF2N4O2/c2*1-11(12-5-3-2-4-6-12)22-8-7-13(9-14(22)17(19)20)23-16(18)15(10-21-23)24(25)26/h2*2-6,10-11,13-14,17H,7-9H2,1H3/t11-,13+,14-;11-,13-,14-/m11/s1. The molecule has 12 nitrogen and oxygen atoms in total. The summed E-state index contributed by atoms with van der Waals surface area (Å²) < 4.78 is 57.6. The molecular formula is C34H38Cl2F4N8O4. The summed E-state index contributed by atoms with van der Waals surface area (Å²) in [5, 5.41) is 29.6. The monoisotopic (exact) mass is 768 g/mol. The van der Waals surface area contributed by atoms with Gasteiger partial charge in [-0.25, -0.2) is 26.9 Å². The van der Waals surface area contributed by atoms with Crippen molar-refractivity contribution >= 4 is 34.6 Å². The largest absolute Gasteiger partial charge is 0.325 e. The fourth-order valence-corrected chi connectivity index (χ4v) is 7.77. The van der Waals surface area contributed by atoms with E-state index in [0.717, 1.165) is 23.5 Å². The Balaban J connectivity index is 0.000000201.